The number of methoxy groups -OCH3 is 1. The average Bonchev–Trinajstić information content (AvgIpc) is 2.88. The Morgan fingerprint density at radius 3 is 2.31 bits per heavy atom. The second-order valence-electron chi connectivity index (χ2n) is 9.41. The van der Waals surface area contributed by atoms with Crippen LogP contribution in [0.3, 0.4) is 0 Å². The zero-order valence-corrected chi connectivity index (χ0v) is 20.1. The lowest BCUT2D eigenvalue weighted by molar-refractivity contribution is -0.137. The number of piperazine rings is 1. The van der Waals surface area contributed by atoms with Gasteiger partial charge in [-0.2, -0.15) is 13.2 Å². The zero-order valence-electron chi connectivity index (χ0n) is 20.1. The summed E-state index contributed by atoms with van der Waals surface area (Å²) in [6.45, 7) is 4.82. The molecule has 0 unspecified atom stereocenters. The smallest absolute Gasteiger partial charge is 0.416 e. The van der Waals surface area contributed by atoms with Crippen molar-refractivity contribution < 1.29 is 22.7 Å². The number of likely N-dealkylation sites (tertiary alicyclic amines) is 1. The molecule has 6 nitrogen and oxygen atoms in total. The number of rotatable bonds is 6. The molecule has 2 aromatic carbocycles. The average molecular weight is 491 g/mol. The Bertz CT molecular complexity index is 1010. The molecule has 2 aliphatic heterocycles. The van der Waals surface area contributed by atoms with E-state index < -0.39 is 17.2 Å². The van der Waals surface area contributed by atoms with E-state index in [4.69, 9.17) is 10.5 Å². The van der Waals surface area contributed by atoms with Crippen molar-refractivity contribution in [1.29, 1.82) is 0 Å². The van der Waals surface area contributed by atoms with E-state index in [1.807, 2.05) is 23.1 Å². The van der Waals surface area contributed by atoms with Crippen LogP contribution >= 0.6 is 0 Å². The van der Waals surface area contributed by atoms with Gasteiger partial charge in [0.25, 0.3) is 0 Å². The van der Waals surface area contributed by atoms with Crippen LogP contribution in [0, 0.1) is 0 Å². The summed E-state index contributed by atoms with van der Waals surface area (Å²) in [6.07, 6.45) is -3.28. The Morgan fingerprint density at radius 2 is 1.69 bits per heavy atom. The largest absolute Gasteiger partial charge is 0.497 e. The molecule has 2 N–H and O–H groups in total. The number of carbonyl (C=O) groups is 1. The summed E-state index contributed by atoms with van der Waals surface area (Å²) in [5.74, 6) is 0.887. The fraction of sp³-hybridized carbons (Fsp3) is 0.500. The number of nitrogens with two attached hydrogens (primary N) is 1. The van der Waals surface area contributed by atoms with Gasteiger partial charge >= 0.3 is 6.18 Å². The Hall–Kier alpha value is -2.78. The number of benzene rings is 2. The topological polar surface area (TPSA) is 62.0 Å². The molecular weight excluding hydrogens is 457 g/mol. The third-order valence-electron chi connectivity index (χ3n) is 7.42. The van der Waals surface area contributed by atoms with E-state index in [-0.39, 0.29) is 12.5 Å². The van der Waals surface area contributed by atoms with Crippen molar-refractivity contribution >= 4 is 11.6 Å². The van der Waals surface area contributed by atoms with Crippen molar-refractivity contribution in [3.05, 3.63) is 59.7 Å². The second-order valence-corrected chi connectivity index (χ2v) is 9.41. The van der Waals surface area contributed by atoms with E-state index in [1.165, 1.54) is 12.1 Å². The zero-order chi connectivity index (χ0) is 25.1. The first-order chi connectivity index (χ1) is 16.7. The highest BCUT2D eigenvalue weighted by Crippen LogP contribution is 2.38. The molecule has 9 heteroatoms. The number of hydrogen-bond donors (Lipinski definition) is 1. The van der Waals surface area contributed by atoms with Crippen LogP contribution in [0.5, 0.6) is 5.75 Å². The van der Waals surface area contributed by atoms with E-state index >= 15 is 0 Å². The summed E-state index contributed by atoms with van der Waals surface area (Å²) in [4.78, 5) is 19.3. The molecule has 35 heavy (non-hydrogen) atoms. The van der Waals surface area contributed by atoms with Gasteiger partial charge in [0.15, 0.2) is 0 Å². The number of ether oxygens (including phenoxy) is 1. The molecule has 0 spiro atoms. The van der Waals surface area contributed by atoms with E-state index in [1.54, 1.807) is 13.2 Å². The number of piperidine rings is 1. The maximum absolute atomic E-state index is 13.2. The molecule has 2 aliphatic rings. The first-order valence-corrected chi connectivity index (χ1v) is 12.0. The number of alkyl halides is 3. The first-order valence-electron chi connectivity index (χ1n) is 12.0. The standard InChI is InChI=1S/C26H33F3N4O2/c1-35-23-7-3-6-22(17-23)32-14-12-31(13-15-32)18-24(34)33-10-8-25(19-30,9-11-33)20-4-2-5-21(16-20)26(27,28)29/h2-7,16-17H,8-15,18-19,30H2,1H3. The van der Waals surface area contributed by atoms with Gasteiger partial charge in [0, 0.05) is 63.0 Å². The molecular formula is C26H33F3N4O2. The minimum absolute atomic E-state index is 0.0643. The molecule has 2 heterocycles. The van der Waals surface area contributed by atoms with Gasteiger partial charge in [-0.15, -0.1) is 0 Å². The van der Waals surface area contributed by atoms with E-state index in [2.05, 4.69) is 15.9 Å². The van der Waals surface area contributed by atoms with Crippen LogP contribution in [0.15, 0.2) is 48.5 Å². The van der Waals surface area contributed by atoms with Gasteiger partial charge in [-0.05, 0) is 36.6 Å². The second kappa shape index (κ2) is 10.5. The first kappa shape index (κ1) is 25.3. The Balaban J connectivity index is 1.31. The summed E-state index contributed by atoms with van der Waals surface area (Å²) in [6, 6.07) is 13.4. The van der Waals surface area contributed by atoms with Crippen LogP contribution in [0.2, 0.25) is 0 Å². The van der Waals surface area contributed by atoms with Crippen LogP contribution in [0.1, 0.15) is 24.0 Å². The van der Waals surface area contributed by atoms with Crippen molar-refractivity contribution in [1.82, 2.24) is 9.80 Å². The van der Waals surface area contributed by atoms with E-state index in [0.29, 0.717) is 38.0 Å². The summed E-state index contributed by atoms with van der Waals surface area (Å²) in [7, 11) is 1.65. The van der Waals surface area contributed by atoms with Gasteiger partial charge in [0.2, 0.25) is 5.91 Å². The molecule has 0 aliphatic carbocycles. The third-order valence-corrected chi connectivity index (χ3v) is 7.42. The molecule has 2 aromatic rings. The highest BCUT2D eigenvalue weighted by molar-refractivity contribution is 5.78. The van der Waals surface area contributed by atoms with Crippen molar-refractivity contribution in [3.63, 3.8) is 0 Å². The number of halogens is 3. The summed E-state index contributed by atoms with van der Waals surface area (Å²) < 4.78 is 44.9. The monoisotopic (exact) mass is 490 g/mol. The van der Waals surface area contributed by atoms with Gasteiger partial charge in [-0.3, -0.25) is 9.69 Å². The predicted molar refractivity (Wildman–Crippen MR) is 130 cm³/mol. The molecule has 0 bridgehead atoms. The van der Waals surface area contributed by atoms with Gasteiger partial charge in [0.05, 0.1) is 19.2 Å². The number of amides is 1. The number of carbonyl (C=O) groups excluding carboxylic acids is 1. The Labute approximate surface area is 204 Å². The summed E-state index contributed by atoms with van der Waals surface area (Å²) in [5.41, 5.74) is 6.59. The molecule has 1 amide bonds. The maximum atomic E-state index is 13.2. The Kier molecular flexibility index (Phi) is 7.56. The summed E-state index contributed by atoms with van der Waals surface area (Å²) >= 11 is 0. The van der Waals surface area contributed by atoms with Crippen molar-refractivity contribution in [2.45, 2.75) is 24.4 Å². The minimum Gasteiger partial charge on any atom is -0.497 e. The van der Waals surface area contributed by atoms with Crippen molar-refractivity contribution in [2.75, 3.05) is 64.4 Å². The van der Waals surface area contributed by atoms with Gasteiger partial charge in [-0.1, -0.05) is 24.3 Å². The van der Waals surface area contributed by atoms with Crippen LogP contribution in [-0.4, -0.2) is 75.2 Å². The normalized spacial score (nSPS) is 19.0. The van der Waals surface area contributed by atoms with Crippen molar-refractivity contribution in [2.24, 2.45) is 5.73 Å². The van der Waals surface area contributed by atoms with Crippen LogP contribution in [0.4, 0.5) is 18.9 Å². The van der Waals surface area contributed by atoms with Crippen LogP contribution < -0.4 is 15.4 Å². The number of nitrogens with zero attached hydrogens (tertiary/aromatic N) is 3. The predicted octanol–water partition coefficient (Wildman–Crippen LogP) is 3.36. The molecule has 2 saturated heterocycles. The molecule has 190 valence electrons. The highest BCUT2D eigenvalue weighted by Gasteiger charge is 2.38. The van der Waals surface area contributed by atoms with Crippen LogP contribution in [0.25, 0.3) is 0 Å². The lowest BCUT2D eigenvalue weighted by atomic mass is 9.72. The van der Waals surface area contributed by atoms with Gasteiger partial charge in [-0.25, -0.2) is 0 Å². The maximum Gasteiger partial charge on any atom is 0.416 e. The van der Waals surface area contributed by atoms with Gasteiger partial charge < -0.3 is 20.3 Å². The molecule has 4 rings (SSSR count). The van der Waals surface area contributed by atoms with E-state index in [9.17, 15) is 18.0 Å². The number of hydrogen-bond acceptors (Lipinski definition) is 5. The highest BCUT2D eigenvalue weighted by atomic mass is 19.4. The van der Waals surface area contributed by atoms with Crippen LogP contribution in [-0.2, 0) is 16.4 Å². The molecule has 0 radical (unpaired) electrons. The fourth-order valence-corrected chi connectivity index (χ4v) is 5.08. The Morgan fingerprint density at radius 1 is 1.00 bits per heavy atom. The molecule has 2 fully saturated rings. The summed E-state index contributed by atoms with van der Waals surface area (Å²) in [5, 5.41) is 0. The quantitative estimate of drug-likeness (QED) is 0.673. The lowest BCUT2D eigenvalue weighted by Crippen LogP contribution is -2.53. The minimum atomic E-state index is -4.39. The molecule has 0 aromatic heterocycles. The molecule has 0 atom stereocenters. The SMILES string of the molecule is COc1cccc(N2CCN(CC(=O)N3CCC(CN)(c4cccc(C(F)(F)F)c4)CC3)CC2)c1. The van der Waals surface area contributed by atoms with Gasteiger partial charge in [0.1, 0.15) is 5.75 Å². The lowest BCUT2D eigenvalue weighted by Gasteiger charge is -2.43. The fourth-order valence-electron chi connectivity index (χ4n) is 5.08. The van der Waals surface area contributed by atoms with Crippen molar-refractivity contribution in [3.8, 4) is 5.75 Å². The number of anilines is 1. The molecule has 0 saturated carbocycles. The van der Waals surface area contributed by atoms with E-state index in [0.717, 1.165) is 43.7 Å². The third kappa shape index (κ3) is 5.73.